The molecule has 1 aliphatic carbocycles. The van der Waals surface area contributed by atoms with Crippen molar-refractivity contribution in [3.63, 3.8) is 0 Å². The van der Waals surface area contributed by atoms with E-state index in [9.17, 15) is 14.4 Å². The number of aromatic nitrogens is 1. The Morgan fingerprint density at radius 1 is 1.10 bits per heavy atom. The van der Waals surface area contributed by atoms with Crippen LogP contribution in [0.3, 0.4) is 0 Å². The van der Waals surface area contributed by atoms with Gasteiger partial charge in [0.05, 0.1) is 24.9 Å². The molecule has 2 N–H and O–H groups in total. The first-order valence-corrected chi connectivity index (χ1v) is 9.80. The van der Waals surface area contributed by atoms with Gasteiger partial charge in [0.15, 0.2) is 0 Å². The zero-order chi connectivity index (χ0) is 20.8. The number of carbonyl (C=O) groups is 3. The molecule has 3 aromatic rings. The second-order valence-corrected chi connectivity index (χ2v) is 7.69. The fourth-order valence-corrected chi connectivity index (χ4v) is 4.63. The SMILES string of the molecule is COc1ccc2[nH]c3c(c2c1)C1C(=O)NC(=O)C1C(C(=O)OCc1ccccc1)C3. The molecule has 1 fully saturated rings. The number of rotatable bonds is 4. The quantitative estimate of drug-likeness (QED) is 0.514. The molecule has 3 unspecified atom stereocenters. The number of fused-ring (bicyclic) bond motifs is 5. The predicted octanol–water partition coefficient (Wildman–Crippen LogP) is 2.45. The van der Waals surface area contributed by atoms with Crippen LogP contribution in [0.15, 0.2) is 48.5 Å². The van der Waals surface area contributed by atoms with E-state index in [1.807, 2.05) is 48.5 Å². The third-order valence-corrected chi connectivity index (χ3v) is 6.01. The van der Waals surface area contributed by atoms with Crippen molar-refractivity contribution in [1.29, 1.82) is 0 Å². The van der Waals surface area contributed by atoms with E-state index in [-0.39, 0.29) is 12.5 Å². The summed E-state index contributed by atoms with van der Waals surface area (Å²) in [4.78, 5) is 41.6. The van der Waals surface area contributed by atoms with Crippen LogP contribution in [0, 0.1) is 11.8 Å². The maximum absolute atomic E-state index is 12.9. The number of H-pyrrole nitrogens is 1. The van der Waals surface area contributed by atoms with Crippen LogP contribution in [0.4, 0.5) is 0 Å². The molecule has 0 radical (unpaired) electrons. The second-order valence-electron chi connectivity index (χ2n) is 7.69. The average Bonchev–Trinajstić information content (AvgIpc) is 3.27. The fraction of sp³-hybridized carbons (Fsp3) is 0.261. The van der Waals surface area contributed by atoms with Gasteiger partial charge in [-0.15, -0.1) is 0 Å². The Balaban J connectivity index is 1.51. The number of ether oxygens (including phenoxy) is 2. The maximum Gasteiger partial charge on any atom is 0.310 e. The minimum atomic E-state index is -0.779. The summed E-state index contributed by atoms with van der Waals surface area (Å²) in [6, 6.07) is 14.9. The van der Waals surface area contributed by atoms with Crippen LogP contribution in [-0.2, 0) is 32.1 Å². The highest BCUT2D eigenvalue weighted by atomic mass is 16.5. The van der Waals surface area contributed by atoms with Gasteiger partial charge in [-0.25, -0.2) is 0 Å². The van der Waals surface area contributed by atoms with Crippen molar-refractivity contribution in [2.45, 2.75) is 18.9 Å². The molecule has 1 saturated heterocycles. The van der Waals surface area contributed by atoms with Crippen molar-refractivity contribution < 1.29 is 23.9 Å². The van der Waals surface area contributed by atoms with E-state index in [2.05, 4.69) is 10.3 Å². The van der Waals surface area contributed by atoms with Crippen LogP contribution < -0.4 is 10.1 Å². The molecular formula is C23H20N2O5. The number of amides is 2. The first-order chi connectivity index (χ1) is 14.6. The molecule has 0 bridgehead atoms. The van der Waals surface area contributed by atoms with Crippen LogP contribution in [0.25, 0.3) is 10.9 Å². The Labute approximate surface area is 172 Å². The van der Waals surface area contributed by atoms with Crippen molar-refractivity contribution in [1.82, 2.24) is 10.3 Å². The molecule has 1 aromatic heterocycles. The molecule has 2 amide bonds. The lowest BCUT2D eigenvalue weighted by atomic mass is 9.71. The van der Waals surface area contributed by atoms with E-state index in [1.165, 1.54) is 0 Å². The van der Waals surface area contributed by atoms with Gasteiger partial charge in [-0.1, -0.05) is 30.3 Å². The monoisotopic (exact) mass is 404 g/mol. The highest BCUT2D eigenvalue weighted by Gasteiger charge is 2.54. The summed E-state index contributed by atoms with van der Waals surface area (Å²) in [6.07, 6.45) is 0.307. The molecule has 5 rings (SSSR count). The number of benzene rings is 2. The lowest BCUT2D eigenvalue weighted by molar-refractivity contribution is -0.154. The molecular weight excluding hydrogens is 384 g/mol. The number of carbonyl (C=O) groups excluding carboxylic acids is 3. The fourth-order valence-electron chi connectivity index (χ4n) is 4.63. The summed E-state index contributed by atoms with van der Waals surface area (Å²) in [6.45, 7) is 0.125. The van der Waals surface area contributed by atoms with Gasteiger partial charge < -0.3 is 14.5 Å². The van der Waals surface area contributed by atoms with Gasteiger partial charge in [-0.3, -0.25) is 19.7 Å². The third kappa shape index (κ3) is 2.85. The lowest BCUT2D eigenvalue weighted by Gasteiger charge is -2.29. The molecule has 2 aliphatic rings. The standard InChI is InChI=1S/C23H20N2O5/c1-29-13-7-8-16-14(9-13)18-17(24-16)10-15(19-20(18)22(27)25-21(19)26)23(28)30-11-12-5-3-2-4-6-12/h2-9,15,19-20,24H,10-11H2,1H3,(H,25,26,27). The first-order valence-electron chi connectivity index (χ1n) is 9.80. The molecule has 3 atom stereocenters. The topological polar surface area (TPSA) is 97.5 Å². The zero-order valence-electron chi connectivity index (χ0n) is 16.3. The molecule has 0 saturated carbocycles. The number of nitrogens with one attached hydrogen (secondary N) is 2. The zero-order valence-corrected chi connectivity index (χ0v) is 16.3. The van der Waals surface area contributed by atoms with Gasteiger partial charge in [-0.05, 0) is 29.3 Å². The molecule has 2 heterocycles. The van der Waals surface area contributed by atoms with E-state index >= 15 is 0 Å². The first kappa shape index (κ1) is 18.4. The molecule has 0 spiro atoms. The van der Waals surface area contributed by atoms with Gasteiger partial charge in [0.25, 0.3) is 0 Å². The second kappa shape index (κ2) is 7.02. The Kier molecular flexibility index (Phi) is 4.31. The Bertz CT molecular complexity index is 1170. The van der Waals surface area contributed by atoms with Crippen LogP contribution in [0.2, 0.25) is 0 Å². The van der Waals surface area contributed by atoms with E-state index in [0.29, 0.717) is 12.2 Å². The Morgan fingerprint density at radius 2 is 1.90 bits per heavy atom. The number of esters is 1. The largest absolute Gasteiger partial charge is 0.497 e. The summed E-state index contributed by atoms with van der Waals surface area (Å²) in [7, 11) is 1.58. The maximum atomic E-state index is 12.9. The highest BCUT2D eigenvalue weighted by molar-refractivity contribution is 6.11. The lowest BCUT2D eigenvalue weighted by Crippen LogP contribution is -2.38. The number of hydrogen-bond acceptors (Lipinski definition) is 5. The Hall–Kier alpha value is -3.61. The molecule has 2 aromatic carbocycles. The third-order valence-electron chi connectivity index (χ3n) is 6.01. The van der Waals surface area contributed by atoms with Crippen LogP contribution in [0.5, 0.6) is 5.75 Å². The number of hydrogen-bond donors (Lipinski definition) is 2. The minimum Gasteiger partial charge on any atom is -0.497 e. The van der Waals surface area contributed by atoms with Gasteiger partial charge in [-0.2, -0.15) is 0 Å². The number of imide groups is 1. The van der Waals surface area contributed by atoms with Crippen LogP contribution in [-0.4, -0.2) is 29.9 Å². The highest BCUT2D eigenvalue weighted by Crippen LogP contribution is 2.46. The summed E-state index contributed by atoms with van der Waals surface area (Å²) < 4.78 is 10.8. The molecule has 152 valence electrons. The van der Waals surface area contributed by atoms with Crippen LogP contribution >= 0.6 is 0 Å². The van der Waals surface area contributed by atoms with Crippen molar-refractivity contribution in [3.05, 3.63) is 65.4 Å². The molecule has 1 aliphatic heterocycles. The van der Waals surface area contributed by atoms with Gasteiger partial charge in [0.1, 0.15) is 12.4 Å². The van der Waals surface area contributed by atoms with Gasteiger partial charge in [0, 0.05) is 23.0 Å². The number of aromatic amines is 1. The van der Waals surface area contributed by atoms with Crippen molar-refractivity contribution in [2.75, 3.05) is 7.11 Å². The summed E-state index contributed by atoms with van der Waals surface area (Å²) in [5.74, 6) is -2.84. The summed E-state index contributed by atoms with van der Waals surface area (Å²) >= 11 is 0. The smallest absolute Gasteiger partial charge is 0.310 e. The van der Waals surface area contributed by atoms with Crippen molar-refractivity contribution >= 4 is 28.7 Å². The van der Waals surface area contributed by atoms with Gasteiger partial charge in [0.2, 0.25) is 11.8 Å². The molecule has 7 heteroatoms. The number of methoxy groups -OCH3 is 1. The van der Waals surface area contributed by atoms with Gasteiger partial charge >= 0.3 is 5.97 Å². The minimum absolute atomic E-state index is 0.125. The molecule has 30 heavy (non-hydrogen) atoms. The van der Waals surface area contributed by atoms with Crippen LogP contribution in [0.1, 0.15) is 22.7 Å². The van der Waals surface area contributed by atoms with E-state index in [4.69, 9.17) is 9.47 Å². The van der Waals surface area contributed by atoms with Crippen molar-refractivity contribution in [3.8, 4) is 5.75 Å². The van der Waals surface area contributed by atoms with E-state index < -0.39 is 29.6 Å². The summed E-state index contributed by atoms with van der Waals surface area (Å²) in [5.41, 5.74) is 3.25. The molecule has 7 nitrogen and oxygen atoms in total. The van der Waals surface area contributed by atoms with Crippen molar-refractivity contribution in [2.24, 2.45) is 11.8 Å². The normalized spacial score (nSPS) is 22.4. The van der Waals surface area contributed by atoms with E-state index in [1.54, 1.807) is 7.11 Å². The van der Waals surface area contributed by atoms with E-state index in [0.717, 1.165) is 27.7 Å². The summed E-state index contributed by atoms with van der Waals surface area (Å²) in [5, 5.41) is 3.24. The predicted molar refractivity (Wildman–Crippen MR) is 108 cm³/mol. The average molecular weight is 404 g/mol. The Morgan fingerprint density at radius 3 is 2.67 bits per heavy atom.